The maximum absolute atomic E-state index is 5.21. The summed E-state index contributed by atoms with van der Waals surface area (Å²) in [7, 11) is 0. The van der Waals surface area contributed by atoms with Gasteiger partial charge in [-0.25, -0.2) is 34.9 Å². The van der Waals surface area contributed by atoms with Gasteiger partial charge in [0.1, 0.15) is 0 Å². The summed E-state index contributed by atoms with van der Waals surface area (Å²) < 4.78 is 7.17. The van der Waals surface area contributed by atoms with E-state index in [0.717, 1.165) is 78.0 Å². The van der Waals surface area contributed by atoms with Gasteiger partial charge in [-0.1, -0.05) is 472 Å². The molecule has 150 heavy (non-hydrogen) atoms. The molecule has 26 aromatic rings. The molecule has 3 aliphatic carbocycles. The van der Waals surface area contributed by atoms with E-state index in [-0.39, 0.29) is 16.2 Å². The molecule has 0 saturated carbocycles. The third-order valence-corrected chi connectivity index (χ3v) is 30.8. The van der Waals surface area contributed by atoms with Crippen LogP contribution in [0.5, 0.6) is 0 Å². The van der Waals surface area contributed by atoms with Gasteiger partial charge in [-0.05, 0) is 138 Å². The van der Waals surface area contributed by atoms with Gasteiger partial charge in [-0.2, -0.15) is 9.97 Å². The highest BCUT2D eigenvalue weighted by atomic mass is 15.2. The van der Waals surface area contributed by atoms with Crippen molar-refractivity contribution < 1.29 is 0 Å². The normalized spacial score (nSPS) is 13.0. The number of benzene rings is 20. The molecule has 0 radical (unpaired) electrons. The minimum atomic E-state index is -0.139. The monoisotopic (exact) mass is 1920 g/mol. The zero-order valence-corrected chi connectivity index (χ0v) is 83.6. The molecule has 0 spiro atoms. The summed E-state index contributed by atoms with van der Waals surface area (Å²) >= 11 is 0. The number of para-hydroxylation sites is 1. The lowest BCUT2D eigenvalue weighted by atomic mass is 9.82. The quantitative estimate of drug-likeness (QED) is 0.104. The molecule has 0 aliphatic heterocycles. The standard InChI is InChI=1S/2C48H34N4.C42H30N4/c1-48(2)40-24-13-12-23-38(40)43-41(48)27-26-37-39-30-34(31-15-6-3-7-16-31)25-28-42(39)52(44(37)43)36-22-14-21-35(29-36)47-50-45(32-17-8-4-9-18-32)49-46(51-47)33-19-10-5-11-20-33;1-48(2)40-22-11-9-21-39(40)43-41(48)29-28-38-37-20-10-12-23-42(37)52(44(38)43)36-19-13-18-35(30-36)47-50-45(33-16-7-4-8-17-33)49-46(51-47)34-26-24-32(25-27-34)31-14-5-3-6-15-31;1-42(2)34-21-13-12-20-32(34)37-35(42)24-23-31-33-26-30(27-14-6-3-7-15-27)22-25-36(33)46(38(31)37)41-44-39(28-16-8-4-9-17-28)43-40(45-41)29-18-10-5-11-19-29/h2*3-30H,1-2H3;3-26H,1-2H3. The Hall–Kier alpha value is -19.2. The Labute approximate surface area is 869 Å². The molecular weight excluding hydrogens is 1830 g/mol. The van der Waals surface area contributed by atoms with Gasteiger partial charge < -0.3 is 9.13 Å². The van der Waals surface area contributed by atoms with Gasteiger partial charge in [0.05, 0.1) is 33.1 Å². The molecule has 0 bridgehead atoms. The highest BCUT2D eigenvalue weighted by molar-refractivity contribution is 6.19. The largest absolute Gasteiger partial charge is 0.309 e. The molecule has 0 N–H and O–H groups in total. The van der Waals surface area contributed by atoms with Gasteiger partial charge in [0, 0.05) is 121 Å². The van der Waals surface area contributed by atoms with Crippen LogP contribution in [0.4, 0.5) is 0 Å². The van der Waals surface area contributed by atoms with E-state index in [9.17, 15) is 0 Å². The molecule has 29 rings (SSSR count). The van der Waals surface area contributed by atoms with Crippen LogP contribution in [0.15, 0.2) is 485 Å². The number of hydrogen-bond donors (Lipinski definition) is 0. The van der Waals surface area contributed by atoms with E-state index in [1.165, 1.54) is 143 Å². The molecule has 12 heteroatoms. The van der Waals surface area contributed by atoms with Crippen molar-refractivity contribution in [2.75, 3.05) is 0 Å². The third kappa shape index (κ3) is 15.2. The minimum absolute atomic E-state index is 0.0995. The lowest BCUT2D eigenvalue weighted by Gasteiger charge is -2.21. The summed E-state index contributed by atoms with van der Waals surface area (Å²) in [6.45, 7) is 14.0. The van der Waals surface area contributed by atoms with Gasteiger partial charge in [-0.15, -0.1) is 0 Å². The summed E-state index contributed by atoms with van der Waals surface area (Å²) in [6, 6.07) is 171. The molecular formula is C138H98N12. The average Bonchev–Trinajstić information content (AvgIpc) is 1.54. The van der Waals surface area contributed by atoms with E-state index >= 15 is 0 Å². The van der Waals surface area contributed by atoms with E-state index in [1.54, 1.807) is 0 Å². The molecule has 12 nitrogen and oxygen atoms in total. The zero-order valence-electron chi connectivity index (χ0n) is 83.6. The first-order valence-electron chi connectivity index (χ1n) is 51.3. The Morgan fingerprint density at radius 2 is 0.393 bits per heavy atom. The summed E-state index contributed by atoms with van der Waals surface area (Å²) in [5.74, 6) is 5.76. The molecule has 0 saturated heterocycles. The van der Waals surface area contributed by atoms with Gasteiger partial charge >= 0.3 is 0 Å². The number of fused-ring (bicyclic) bond motifs is 21. The second-order valence-corrected chi connectivity index (χ2v) is 40.7. The average molecular weight is 1920 g/mol. The second kappa shape index (κ2) is 36.2. The number of hydrogen-bond acceptors (Lipinski definition) is 9. The van der Waals surface area contributed by atoms with Crippen LogP contribution in [-0.2, 0) is 16.2 Å². The van der Waals surface area contributed by atoms with Crippen molar-refractivity contribution >= 4 is 65.4 Å². The number of nitrogens with zero attached hydrogens (tertiary/aromatic N) is 12. The van der Waals surface area contributed by atoms with Crippen LogP contribution < -0.4 is 0 Å². The topological polar surface area (TPSA) is 131 Å². The summed E-state index contributed by atoms with van der Waals surface area (Å²) in [5.41, 5.74) is 39.2. The first-order valence-corrected chi connectivity index (χ1v) is 51.3. The molecule has 0 fully saturated rings. The first kappa shape index (κ1) is 89.7. The zero-order chi connectivity index (χ0) is 100. The molecule has 20 aromatic carbocycles. The SMILES string of the molecule is CC1(C)c2ccccc2-c2c1ccc1c3cc(-c4ccccc4)ccc3n(-c3cccc(-c4nc(-c5ccccc5)nc(-c5ccccc5)n4)c3)c21.CC1(C)c2ccccc2-c2c1ccc1c3cc(-c4ccccc4)ccc3n(-c3nc(-c4ccccc4)nc(-c4ccccc4)n3)c21.CC1(C)c2ccccc2-c2c1ccc1c3ccccc3n(-c3cccc(-c4nc(-c5ccccc5)nc(-c5ccc(-c6ccccc6)cc5)n4)c3)c21. The van der Waals surface area contributed by atoms with Crippen molar-refractivity contribution in [1.29, 1.82) is 0 Å². The highest BCUT2D eigenvalue weighted by Gasteiger charge is 2.42. The minimum Gasteiger partial charge on any atom is -0.309 e. The molecule has 0 atom stereocenters. The van der Waals surface area contributed by atoms with Crippen molar-refractivity contribution in [2.45, 2.75) is 57.8 Å². The highest BCUT2D eigenvalue weighted by Crippen LogP contribution is 2.58. The van der Waals surface area contributed by atoms with Crippen molar-refractivity contribution in [2.24, 2.45) is 0 Å². The summed E-state index contributed by atoms with van der Waals surface area (Å²) in [6.07, 6.45) is 0. The first-order chi connectivity index (χ1) is 73.7. The van der Waals surface area contributed by atoms with Gasteiger partial charge in [0.25, 0.3) is 0 Å². The summed E-state index contributed by atoms with van der Waals surface area (Å²) in [4.78, 5) is 45.7. The van der Waals surface area contributed by atoms with E-state index in [4.69, 9.17) is 44.9 Å². The lowest BCUT2D eigenvalue weighted by molar-refractivity contribution is 0.660. The Kier molecular flexibility index (Phi) is 21.7. The van der Waals surface area contributed by atoms with Crippen molar-refractivity contribution in [3.8, 4) is 175 Å². The summed E-state index contributed by atoms with van der Waals surface area (Å²) in [5, 5.41) is 7.30. The maximum Gasteiger partial charge on any atom is 0.238 e. The predicted octanol–water partition coefficient (Wildman–Crippen LogP) is 34.2. The van der Waals surface area contributed by atoms with Crippen LogP contribution in [0.3, 0.4) is 0 Å². The predicted molar refractivity (Wildman–Crippen MR) is 615 cm³/mol. The van der Waals surface area contributed by atoms with Crippen LogP contribution in [0.1, 0.15) is 74.9 Å². The van der Waals surface area contributed by atoms with Crippen molar-refractivity contribution in [3.05, 3.63) is 519 Å². The Morgan fingerprint density at radius 1 is 0.153 bits per heavy atom. The van der Waals surface area contributed by atoms with Crippen molar-refractivity contribution in [3.63, 3.8) is 0 Å². The van der Waals surface area contributed by atoms with Crippen LogP contribution in [0.2, 0.25) is 0 Å². The second-order valence-electron chi connectivity index (χ2n) is 40.7. The third-order valence-electron chi connectivity index (χ3n) is 30.8. The van der Waals surface area contributed by atoms with Crippen LogP contribution in [0.25, 0.3) is 241 Å². The van der Waals surface area contributed by atoms with Crippen LogP contribution in [-0.4, -0.2) is 58.6 Å². The molecule has 6 aromatic heterocycles. The fourth-order valence-corrected chi connectivity index (χ4v) is 23.4. The Morgan fingerprint density at radius 3 is 0.747 bits per heavy atom. The molecule has 710 valence electrons. The van der Waals surface area contributed by atoms with Crippen molar-refractivity contribution in [1.82, 2.24) is 58.6 Å². The van der Waals surface area contributed by atoms with E-state index < -0.39 is 0 Å². The van der Waals surface area contributed by atoms with E-state index in [2.05, 4.69) is 419 Å². The fraction of sp³-hybridized carbons (Fsp3) is 0.0652. The van der Waals surface area contributed by atoms with E-state index in [1.807, 2.05) is 121 Å². The Bertz CT molecular complexity index is 9690. The van der Waals surface area contributed by atoms with E-state index in [0.29, 0.717) is 52.5 Å². The van der Waals surface area contributed by atoms with Gasteiger partial charge in [0.2, 0.25) is 5.95 Å². The molecule has 6 heterocycles. The smallest absolute Gasteiger partial charge is 0.238 e. The molecule has 0 amide bonds. The maximum atomic E-state index is 5.21. The molecule has 0 unspecified atom stereocenters. The van der Waals surface area contributed by atoms with Crippen LogP contribution in [0, 0.1) is 0 Å². The molecule has 3 aliphatic rings. The number of rotatable bonds is 14. The number of aromatic nitrogens is 12. The van der Waals surface area contributed by atoms with Gasteiger partial charge in [0.15, 0.2) is 46.6 Å². The fourth-order valence-electron chi connectivity index (χ4n) is 23.4. The Balaban J connectivity index is 0.000000111. The van der Waals surface area contributed by atoms with Crippen LogP contribution >= 0.6 is 0 Å². The van der Waals surface area contributed by atoms with Gasteiger partial charge in [-0.3, -0.25) is 4.57 Å². The lowest BCUT2D eigenvalue weighted by Crippen LogP contribution is -2.14.